The van der Waals surface area contributed by atoms with Crippen molar-refractivity contribution in [3.05, 3.63) is 54.6 Å². The van der Waals surface area contributed by atoms with E-state index >= 15 is 0 Å². The van der Waals surface area contributed by atoms with E-state index in [1.54, 1.807) is 36.4 Å². The summed E-state index contributed by atoms with van der Waals surface area (Å²) in [5, 5.41) is 0. The minimum absolute atomic E-state index is 0.380. The molecule has 2 aromatic carbocycles. The molecule has 22 heavy (non-hydrogen) atoms. The van der Waals surface area contributed by atoms with Gasteiger partial charge in [0.1, 0.15) is 11.5 Å². The molecule has 2 rings (SSSR count). The quantitative estimate of drug-likeness (QED) is 0.635. The first-order valence-electron chi connectivity index (χ1n) is 6.73. The second-order valence-corrected chi connectivity index (χ2v) is 4.67. The third-order valence-electron chi connectivity index (χ3n) is 2.91. The van der Waals surface area contributed by atoms with Crippen molar-refractivity contribution in [1.82, 2.24) is 0 Å². The van der Waals surface area contributed by atoms with Crippen LogP contribution in [0.4, 0.5) is 0 Å². The molecule has 0 aliphatic heterocycles. The van der Waals surface area contributed by atoms with Gasteiger partial charge in [-0.2, -0.15) is 0 Å². The van der Waals surface area contributed by atoms with Gasteiger partial charge in [0.15, 0.2) is 0 Å². The van der Waals surface area contributed by atoms with Crippen LogP contribution in [-0.4, -0.2) is 11.9 Å². The lowest BCUT2D eigenvalue weighted by molar-refractivity contribution is -0.132. The molecule has 0 aliphatic carbocycles. The zero-order valence-corrected chi connectivity index (χ0v) is 12.5. The molecular formula is C18H16O4. The monoisotopic (exact) mass is 296 g/mol. The van der Waals surface area contributed by atoms with Crippen LogP contribution in [0.15, 0.2) is 49.0 Å². The van der Waals surface area contributed by atoms with Crippen LogP contribution >= 0.6 is 0 Å². The molecule has 0 fully saturated rings. The second kappa shape index (κ2) is 6.72. The molecule has 0 saturated heterocycles. The summed E-state index contributed by atoms with van der Waals surface area (Å²) in [5.41, 5.74) is 2.56. The van der Waals surface area contributed by atoms with Gasteiger partial charge in [-0.1, -0.05) is 30.9 Å². The van der Waals surface area contributed by atoms with Gasteiger partial charge in [-0.25, -0.2) is 0 Å². The van der Waals surface area contributed by atoms with Crippen molar-refractivity contribution in [3.63, 3.8) is 0 Å². The van der Waals surface area contributed by atoms with Gasteiger partial charge >= 0.3 is 11.9 Å². The standard InChI is InChI=1S/C18H16O4/c1-4-14-8-9-17(22-13(3)20)11-18(14)15-6-5-7-16(10-15)21-12(2)19/h4-11H,1H2,2-3H3. The van der Waals surface area contributed by atoms with Gasteiger partial charge < -0.3 is 9.47 Å². The van der Waals surface area contributed by atoms with E-state index in [0.29, 0.717) is 11.5 Å². The van der Waals surface area contributed by atoms with Gasteiger partial charge in [0.2, 0.25) is 0 Å². The number of esters is 2. The Hall–Kier alpha value is -2.88. The second-order valence-electron chi connectivity index (χ2n) is 4.67. The molecule has 0 aromatic heterocycles. The van der Waals surface area contributed by atoms with Gasteiger partial charge in [-0.05, 0) is 41.0 Å². The highest BCUT2D eigenvalue weighted by molar-refractivity contribution is 5.79. The molecule has 4 heteroatoms. The van der Waals surface area contributed by atoms with Crippen molar-refractivity contribution in [2.75, 3.05) is 0 Å². The van der Waals surface area contributed by atoms with Crippen LogP contribution in [0, 0.1) is 0 Å². The Kier molecular flexibility index (Phi) is 4.73. The van der Waals surface area contributed by atoms with Gasteiger partial charge in [-0.15, -0.1) is 0 Å². The Bertz CT molecular complexity index is 732. The van der Waals surface area contributed by atoms with Gasteiger partial charge in [0.05, 0.1) is 0 Å². The van der Waals surface area contributed by atoms with Crippen molar-refractivity contribution < 1.29 is 19.1 Å². The van der Waals surface area contributed by atoms with Crippen LogP contribution in [0.3, 0.4) is 0 Å². The van der Waals surface area contributed by atoms with Crippen molar-refractivity contribution in [3.8, 4) is 22.6 Å². The Balaban J connectivity index is 2.47. The molecule has 0 unspecified atom stereocenters. The maximum absolute atomic E-state index is 11.1. The smallest absolute Gasteiger partial charge is 0.308 e. The van der Waals surface area contributed by atoms with Crippen molar-refractivity contribution in [1.29, 1.82) is 0 Å². The largest absolute Gasteiger partial charge is 0.427 e. The Morgan fingerprint density at radius 3 is 2.18 bits per heavy atom. The Morgan fingerprint density at radius 1 is 0.955 bits per heavy atom. The topological polar surface area (TPSA) is 52.6 Å². The van der Waals surface area contributed by atoms with E-state index in [0.717, 1.165) is 16.7 Å². The summed E-state index contributed by atoms with van der Waals surface area (Å²) in [5.74, 6) is 0.143. The maximum Gasteiger partial charge on any atom is 0.308 e. The lowest BCUT2D eigenvalue weighted by atomic mass is 9.99. The predicted molar refractivity (Wildman–Crippen MR) is 84.6 cm³/mol. The zero-order valence-electron chi connectivity index (χ0n) is 12.5. The fraction of sp³-hybridized carbons (Fsp3) is 0.111. The molecule has 0 spiro atoms. The van der Waals surface area contributed by atoms with Crippen LogP contribution in [0.1, 0.15) is 19.4 Å². The van der Waals surface area contributed by atoms with E-state index in [1.165, 1.54) is 13.8 Å². The molecule has 0 amide bonds. The van der Waals surface area contributed by atoms with Crippen LogP contribution in [-0.2, 0) is 9.59 Å². The first kappa shape index (κ1) is 15.5. The minimum Gasteiger partial charge on any atom is -0.427 e. The first-order chi connectivity index (χ1) is 10.5. The van der Waals surface area contributed by atoms with Crippen molar-refractivity contribution >= 4 is 18.0 Å². The highest BCUT2D eigenvalue weighted by Gasteiger charge is 2.08. The number of benzene rings is 2. The van der Waals surface area contributed by atoms with Crippen LogP contribution in [0.2, 0.25) is 0 Å². The first-order valence-corrected chi connectivity index (χ1v) is 6.73. The van der Waals surface area contributed by atoms with Gasteiger partial charge in [0, 0.05) is 13.8 Å². The average molecular weight is 296 g/mol. The summed E-state index contributed by atoms with van der Waals surface area (Å²) in [6.45, 7) is 6.49. The number of rotatable bonds is 4. The van der Waals surface area contributed by atoms with E-state index in [2.05, 4.69) is 6.58 Å². The minimum atomic E-state index is -0.383. The predicted octanol–water partition coefficient (Wildman–Crippen LogP) is 3.85. The third-order valence-corrected chi connectivity index (χ3v) is 2.91. The van der Waals surface area contributed by atoms with Crippen LogP contribution in [0.25, 0.3) is 17.2 Å². The molecule has 0 bridgehead atoms. The van der Waals surface area contributed by atoms with E-state index in [4.69, 9.17) is 9.47 Å². The van der Waals surface area contributed by atoms with E-state index < -0.39 is 0 Å². The van der Waals surface area contributed by atoms with E-state index in [1.807, 2.05) is 12.1 Å². The summed E-state index contributed by atoms with van der Waals surface area (Å²) in [6.07, 6.45) is 1.71. The van der Waals surface area contributed by atoms with Gasteiger partial charge in [-0.3, -0.25) is 9.59 Å². The van der Waals surface area contributed by atoms with Crippen molar-refractivity contribution in [2.45, 2.75) is 13.8 Å². The lowest BCUT2D eigenvalue weighted by Gasteiger charge is -2.10. The molecule has 112 valence electrons. The van der Waals surface area contributed by atoms with Crippen LogP contribution < -0.4 is 9.47 Å². The molecule has 2 aromatic rings. The molecule has 0 atom stereocenters. The molecule has 4 nitrogen and oxygen atoms in total. The van der Waals surface area contributed by atoms with E-state index in [9.17, 15) is 9.59 Å². The fourth-order valence-electron chi connectivity index (χ4n) is 2.09. The molecule has 0 heterocycles. The van der Waals surface area contributed by atoms with Gasteiger partial charge in [0.25, 0.3) is 0 Å². The number of carbonyl (C=O) groups excluding carboxylic acids is 2. The fourth-order valence-corrected chi connectivity index (χ4v) is 2.09. The third kappa shape index (κ3) is 3.82. The van der Waals surface area contributed by atoms with Crippen molar-refractivity contribution in [2.24, 2.45) is 0 Å². The normalized spacial score (nSPS) is 9.91. The number of ether oxygens (including phenoxy) is 2. The summed E-state index contributed by atoms with van der Waals surface area (Å²) in [6, 6.07) is 12.4. The Morgan fingerprint density at radius 2 is 1.59 bits per heavy atom. The van der Waals surface area contributed by atoms with E-state index in [-0.39, 0.29) is 11.9 Å². The summed E-state index contributed by atoms with van der Waals surface area (Å²) in [4.78, 5) is 22.2. The molecular weight excluding hydrogens is 280 g/mol. The highest BCUT2D eigenvalue weighted by atomic mass is 16.5. The summed E-state index contributed by atoms with van der Waals surface area (Å²) >= 11 is 0. The Labute approximate surface area is 129 Å². The number of hydrogen-bond donors (Lipinski definition) is 0. The number of carbonyl (C=O) groups is 2. The average Bonchev–Trinajstić information content (AvgIpc) is 2.46. The molecule has 0 aliphatic rings. The molecule has 0 N–H and O–H groups in total. The summed E-state index contributed by atoms with van der Waals surface area (Å²) in [7, 11) is 0. The molecule has 0 saturated carbocycles. The molecule has 0 radical (unpaired) electrons. The highest BCUT2D eigenvalue weighted by Crippen LogP contribution is 2.31. The van der Waals surface area contributed by atoms with Crippen LogP contribution in [0.5, 0.6) is 11.5 Å². The maximum atomic E-state index is 11.1. The summed E-state index contributed by atoms with van der Waals surface area (Å²) < 4.78 is 10.2. The lowest BCUT2D eigenvalue weighted by Crippen LogP contribution is -2.02. The SMILES string of the molecule is C=Cc1ccc(OC(C)=O)cc1-c1cccc(OC(C)=O)c1. The number of hydrogen-bond acceptors (Lipinski definition) is 4. The zero-order chi connectivity index (χ0) is 16.1.